The van der Waals surface area contributed by atoms with Crippen molar-refractivity contribution in [2.75, 3.05) is 19.8 Å². The average Bonchev–Trinajstić information content (AvgIpc) is 3.48. The Labute approximate surface area is 184 Å². The summed E-state index contributed by atoms with van der Waals surface area (Å²) in [5, 5.41) is 4.27. The van der Waals surface area contributed by atoms with Gasteiger partial charge >= 0.3 is 0 Å². The van der Waals surface area contributed by atoms with Crippen molar-refractivity contribution in [1.29, 1.82) is 0 Å². The minimum atomic E-state index is 0.183. The molecule has 1 saturated carbocycles. The smallest absolute Gasteiger partial charge is 0.226 e. The zero-order valence-electron chi connectivity index (χ0n) is 17.8. The zero-order valence-corrected chi connectivity index (χ0v) is 18.6. The first-order chi connectivity index (χ1) is 14.8. The maximum atomic E-state index is 13.3. The van der Waals surface area contributed by atoms with Crippen molar-refractivity contribution in [1.82, 2.24) is 4.90 Å². The van der Waals surface area contributed by atoms with Crippen LogP contribution in [0.2, 0.25) is 0 Å². The van der Waals surface area contributed by atoms with Crippen molar-refractivity contribution in [3.8, 4) is 5.75 Å². The van der Waals surface area contributed by atoms with Gasteiger partial charge in [-0.2, -0.15) is 11.3 Å². The SMILES string of the molecule is O=C(C1CCCCC1)N(Cc1cccc(OCCc2ccsc2)c1)C[C@@H]1CCCO1. The third-order valence-electron chi connectivity index (χ3n) is 6.23. The number of hydrogen-bond donors (Lipinski definition) is 0. The molecule has 2 heterocycles. The van der Waals surface area contributed by atoms with Crippen LogP contribution in [0.3, 0.4) is 0 Å². The molecule has 1 aromatic carbocycles. The predicted octanol–water partition coefficient (Wildman–Crippen LogP) is 5.46. The van der Waals surface area contributed by atoms with Crippen LogP contribution in [0.5, 0.6) is 5.75 Å². The lowest BCUT2D eigenvalue weighted by atomic mass is 9.88. The number of amides is 1. The quantitative estimate of drug-likeness (QED) is 0.534. The summed E-state index contributed by atoms with van der Waals surface area (Å²) in [7, 11) is 0. The van der Waals surface area contributed by atoms with Crippen molar-refractivity contribution >= 4 is 17.2 Å². The molecule has 0 unspecified atom stereocenters. The molecule has 4 rings (SSSR count). The Morgan fingerprint density at radius 2 is 2.00 bits per heavy atom. The third-order valence-corrected chi connectivity index (χ3v) is 6.96. The van der Waals surface area contributed by atoms with Gasteiger partial charge in [0.15, 0.2) is 0 Å². The van der Waals surface area contributed by atoms with Crippen molar-refractivity contribution in [2.45, 2.75) is 64.0 Å². The molecule has 162 valence electrons. The lowest BCUT2D eigenvalue weighted by molar-refractivity contribution is -0.138. The molecule has 0 bridgehead atoms. The molecule has 0 radical (unpaired) electrons. The van der Waals surface area contributed by atoms with Crippen molar-refractivity contribution in [3.05, 3.63) is 52.2 Å². The highest BCUT2D eigenvalue weighted by Crippen LogP contribution is 2.27. The van der Waals surface area contributed by atoms with Crippen molar-refractivity contribution in [2.24, 2.45) is 5.92 Å². The molecule has 2 aliphatic rings. The second kappa shape index (κ2) is 11.0. The lowest BCUT2D eigenvalue weighted by Crippen LogP contribution is -2.41. The molecule has 5 heteroatoms. The third kappa shape index (κ3) is 6.08. The van der Waals surface area contributed by atoms with Crippen LogP contribution in [0.4, 0.5) is 0 Å². The lowest BCUT2D eigenvalue weighted by Gasteiger charge is -2.31. The molecule has 0 spiro atoms. The number of thiophene rings is 1. The van der Waals surface area contributed by atoms with Gasteiger partial charge in [0.05, 0.1) is 12.7 Å². The van der Waals surface area contributed by atoms with E-state index >= 15 is 0 Å². The van der Waals surface area contributed by atoms with E-state index in [-0.39, 0.29) is 12.0 Å². The van der Waals surface area contributed by atoms with E-state index in [1.807, 2.05) is 12.1 Å². The maximum Gasteiger partial charge on any atom is 0.226 e. The van der Waals surface area contributed by atoms with Crippen LogP contribution in [0.15, 0.2) is 41.1 Å². The Morgan fingerprint density at radius 3 is 2.77 bits per heavy atom. The van der Waals surface area contributed by atoms with Gasteiger partial charge in [0, 0.05) is 32.0 Å². The summed E-state index contributed by atoms with van der Waals surface area (Å²) in [6.07, 6.45) is 8.94. The van der Waals surface area contributed by atoms with Crippen molar-refractivity contribution < 1.29 is 14.3 Å². The number of benzene rings is 1. The van der Waals surface area contributed by atoms with Crippen LogP contribution >= 0.6 is 11.3 Å². The minimum Gasteiger partial charge on any atom is -0.493 e. The van der Waals surface area contributed by atoms with E-state index in [0.29, 0.717) is 25.6 Å². The van der Waals surface area contributed by atoms with E-state index in [1.54, 1.807) is 11.3 Å². The van der Waals surface area contributed by atoms with Gasteiger partial charge in [0.2, 0.25) is 5.91 Å². The molecular formula is C25H33NO3S. The first-order valence-corrected chi connectivity index (χ1v) is 12.4. The van der Waals surface area contributed by atoms with Gasteiger partial charge in [-0.1, -0.05) is 31.4 Å². The molecule has 30 heavy (non-hydrogen) atoms. The number of carbonyl (C=O) groups is 1. The number of ether oxygens (including phenoxy) is 2. The molecule has 1 aliphatic heterocycles. The monoisotopic (exact) mass is 427 g/mol. The number of nitrogens with zero attached hydrogens (tertiary/aromatic N) is 1. The van der Waals surface area contributed by atoms with Gasteiger partial charge in [0.1, 0.15) is 5.75 Å². The maximum absolute atomic E-state index is 13.3. The van der Waals surface area contributed by atoms with Gasteiger partial charge in [-0.3, -0.25) is 4.79 Å². The molecule has 1 aliphatic carbocycles. The second-order valence-corrected chi connectivity index (χ2v) is 9.35. The van der Waals surface area contributed by atoms with Crippen molar-refractivity contribution in [3.63, 3.8) is 0 Å². The normalized spacial score (nSPS) is 19.7. The largest absolute Gasteiger partial charge is 0.493 e. The Bertz CT molecular complexity index is 779. The van der Waals surface area contributed by atoms with Crippen LogP contribution in [-0.2, 0) is 22.5 Å². The van der Waals surface area contributed by atoms with E-state index in [0.717, 1.165) is 50.0 Å². The first kappa shape index (κ1) is 21.4. The number of hydrogen-bond acceptors (Lipinski definition) is 4. The van der Waals surface area contributed by atoms with Gasteiger partial charge in [-0.15, -0.1) is 0 Å². The zero-order chi connectivity index (χ0) is 20.6. The Balaban J connectivity index is 1.38. The van der Waals surface area contributed by atoms with E-state index in [4.69, 9.17) is 9.47 Å². The van der Waals surface area contributed by atoms with E-state index in [9.17, 15) is 4.79 Å². The topological polar surface area (TPSA) is 38.8 Å². The Hall–Kier alpha value is -1.85. The minimum absolute atomic E-state index is 0.183. The fourth-order valence-corrected chi connectivity index (χ4v) is 5.25. The van der Waals surface area contributed by atoms with Crippen LogP contribution in [0, 0.1) is 5.92 Å². The highest BCUT2D eigenvalue weighted by molar-refractivity contribution is 7.07. The van der Waals surface area contributed by atoms with Gasteiger partial charge in [-0.05, 0) is 65.8 Å². The summed E-state index contributed by atoms with van der Waals surface area (Å²) in [4.78, 5) is 15.4. The summed E-state index contributed by atoms with van der Waals surface area (Å²) in [5.74, 6) is 1.38. The molecular weight excluding hydrogens is 394 g/mol. The molecule has 2 fully saturated rings. The van der Waals surface area contributed by atoms with Crippen LogP contribution in [0.25, 0.3) is 0 Å². The second-order valence-electron chi connectivity index (χ2n) is 8.57. The number of rotatable bonds is 9. The van der Waals surface area contributed by atoms with Crippen LogP contribution < -0.4 is 4.74 Å². The number of carbonyl (C=O) groups excluding carboxylic acids is 1. The molecule has 4 nitrogen and oxygen atoms in total. The Morgan fingerprint density at radius 1 is 1.10 bits per heavy atom. The molecule has 1 aromatic heterocycles. The fraction of sp³-hybridized carbons (Fsp3) is 0.560. The summed E-state index contributed by atoms with van der Waals surface area (Å²) in [6, 6.07) is 10.4. The van der Waals surface area contributed by atoms with E-state index < -0.39 is 0 Å². The summed E-state index contributed by atoms with van der Waals surface area (Å²) >= 11 is 1.72. The van der Waals surface area contributed by atoms with Crippen LogP contribution in [0.1, 0.15) is 56.1 Å². The molecule has 0 N–H and O–H groups in total. The van der Waals surface area contributed by atoms with Gasteiger partial charge < -0.3 is 14.4 Å². The summed E-state index contributed by atoms with van der Waals surface area (Å²) in [5.41, 5.74) is 2.45. The van der Waals surface area contributed by atoms with E-state index in [2.05, 4.69) is 33.9 Å². The molecule has 2 aromatic rings. The molecule has 1 amide bonds. The molecule has 1 atom stereocenters. The molecule has 1 saturated heterocycles. The van der Waals surface area contributed by atoms with Crippen LogP contribution in [-0.4, -0.2) is 36.7 Å². The fourth-order valence-electron chi connectivity index (χ4n) is 4.55. The van der Waals surface area contributed by atoms with Gasteiger partial charge in [0.25, 0.3) is 0 Å². The van der Waals surface area contributed by atoms with E-state index in [1.165, 1.54) is 24.8 Å². The highest BCUT2D eigenvalue weighted by atomic mass is 32.1. The summed E-state index contributed by atoms with van der Waals surface area (Å²) < 4.78 is 11.8. The first-order valence-electron chi connectivity index (χ1n) is 11.4. The standard InChI is InChI=1S/C25H33NO3S/c27-25(22-7-2-1-3-8-22)26(18-24-10-5-13-28-24)17-21-6-4-9-23(16-21)29-14-11-20-12-15-30-19-20/h4,6,9,12,15-16,19,22,24H,1-3,5,7-8,10-11,13-14,17-18H2/t24-/m0/s1. The highest BCUT2D eigenvalue weighted by Gasteiger charge is 2.29. The summed E-state index contributed by atoms with van der Waals surface area (Å²) in [6.45, 7) is 2.83. The Kier molecular flexibility index (Phi) is 7.82. The average molecular weight is 428 g/mol. The predicted molar refractivity (Wildman–Crippen MR) is 121 cm³/mol. The van der Waals surface area contributed by atoms with Gasteiger partial charge in [-0.25, -0.2) is 0 Å².